The molecule has 0 aromatic rings. The molecule has 0 spiro atoms. The van der Waals surface area contributed by atoms with Crippen LogP contribution in [0.15, 0.2) is 35.7 Å². The lowest BCUT2D eigenvalue weighted by Crippen LogP contribution is -2.55. The van der Waals surface area contributed by atoms with Gasteiger partial charge in [0, 0.05) is 12.6 Å². The normalized spacial score (nSPS) is 31.2. The van der Waals surface area contributed by atoms with Gasteiger partial charge >= 0.3 is 0 Å². The van der Waals surface area contributed by atoms with Gasteiger partial charge in [-0.25, -0.2) is 5.06 Å². The summed E-state index contributed by atoms with van der Waals surface area (Å²) in [5.74, 6) is 0.259. The average Bonchev–Trinajstić information content (AvgIpc) is 2.36. The number of nitrogens with zero attached hydrogens (tertiary/aromatic N) is 2. The number of allylic oxidation sites excluding steroid dienone is 2. The summed E-state index contributed by atoms with van der Waals surface area (Å²) in [6.07, 6.45) is 8.50. The first-order valence-corrected chi connectivity index (χ1v) is 6.08. The molecular formula is C13H17N3O2. The fourth-order valence-corrected chi connectivity index (χ4v) is 2.97. The molecule has 2 atom stereocenters. The van der Waals surface area contributed by atoms with Crippen LogP contribution in [-0.2, 0) is 9.63 Å². The molecule has 3 rings (SSSR count). The van der Waals surface area contributed by atoms with Crippen molar-refractivity contribution >= 4 is 5.78 Å². The number of carbonyl (C=O) groups excluding carboxylic acids is 1. The van der Waals surface area contributed by atoms with Crippen molar-refractivity contribution in [2.24, 2.45) is 0 Å². The van der Waals surface area contributed by atoms with E-state index >= 15 is 0 Å². The van der Waals surface area contributed by atoms with E-state index in [0.717, 1.165) is 5.57 Å². The molecule has 0 saturated carbocycles. The summed E-state index contributed by atoms with van der Waals surface area (Å²) < 4.78 is 0. The van der Waals surface area contributed by atoms with Crippen LogP contribution in [-0.4, -0.2) is 48.7 Å². The quantitative estimate of drug-likeness (QED) is 0.726. The maximum Gasteiger partial charge on any atom is 0.151 e. The molecule has 0 aromatic carbocycles. The minimum absolute atomic E-state index is 0.0180. The number of likely N-dealkylation sites (N-methyl/N-ethyl adjacent to an activating group) is 1. The summed E-state index contributed by atoms with van der Waals surface area (Å²) in [7, 11) is 3.64. The molecule has 3 aliphatic heterocycles. The van der Waals surface area contributed by atoms with Crippen molar-refractivity contribution in [2.45, 2.75) is 18.6 Å². The van der Waals surface area contributed by atoms with E-state index in [1.807, 2.05) is 25.5 Å². The number of nitrogens with one attached hydrogen (secondary N) is 1. The van der Waals surface area contributed by atoms with Crippen LogP contribution < -0.4 is 5.32 Å². The van der Waals surface area contributed by atoms with Crippen LogP contribution in [0, 0.1) is 0 Å². The van der Waals surface area contributed by atoms with Gasteiger partial charge in [0.1, 0.15) is 6.17 Å². The van der Waals surface area contributed by atoms with Crippen molar-refractivity contribution in [2.75, 3.05) is 20.7 Å². The highest BCUT2D eigenvalue weighted by Gasteiger charge is 2.40. The van der Waals surface area contributed by atoms with Crippen LogP contribution in [0.5, 0.6) is 0 Å². The van der Waals surface area contributed by atoms with Crippen molar-refractivity contribution in [3.63, 3.8) is 0 Å². The van der Waals surface area contributed by atoms with Crippen molar-refractivity contribution in [3.05, 3.63) is 35.7 Å². The molecule has 0 aromatic heterocycles. The maximum absolute atomic E-state index is 11.7. The third-order valence-corrected chi connectivity index (χ3v) is 3.65. The summed E-state index contributed by atoms with van der Waals surface area (Å²) in [5.41, 5.74) is 2.34. The highest BCUT2D eigenvalue weighted by Crippen LogP contribution is 2.34. The van der Waals surface area contributed by atoms with Gasteiger partial charge in [-0.15, -0.1) is 0 Å². The van der Waals surface area contributed by atoms with Gasteiger partial charge in [0.05, 0.1) is 19.7 Å². The Morgan fingerprint density at radius 3 is 3.11 bits per heavy atom. The number of Topliss-reactive ketones (excluding diaryl/α,β-unsaturated/α-hetero) is 1. The second kappa shape index (κ2) is 4.26. The van der Waals surface area contributed by atoms with Gasteiger partial charge in [0.2, 0.25) is 0 Å². The number of piperidine rings is 1. The van der Waals surface area contributed by atoms with E-state index in [0.29, 0.717) is 13.0 Å². The summed E-state index contributed by atoms with van der Waals surface area (Å²) in [5, 5.41) is 5.05. The predicted molar refractivity (Wildman–Crippen MR) is 67.1 cm³/mol. The Morgan fingerprint density at radius 2 is 2.33 bits per heavy atom. The summed E-state index contributed by atoms with van der Waals surface area (Å²) in [4.78, 5) is 19.2. The molecule has 18 heavy (non-hydrogen) atoms. The van der Waals surface area contributed by atoms with Gasteiger partial charge in [0.25, 0.3) is 0 Å². The Balaban J connectivity index is 2.03. The zero-order valence-electron chi connectivity index (χ0n) is 10.6. The number of fused-ring (bicyclic) bond motifs is 3. The van der Waals surface area contributed by atoms with Crippen LogP contribution in [0.4, 0.5) is 0 Å². The van der Waals surface area contributed by atoms with Crippen molar-refractivity contribution in [3.8, 4) is 0 Å². The third kappa shape index (κ3) is 1.67. The van der Waals surface area contributed by atoms with Gasteiger partial charge in [-0.3, -0.25) is 14.5 Å². The largest absolute Gasteiger partial charge is 0.366 e. The second-order valence-corrected chi connectivity index (χ2v) is 4.87. The molecule has 5 heteroatoms. The van der Waals surface area contributed by atoms with Gasteiger partial charge < -0.3 is 5.32 Å². The summed E-state index contributed by atoms with van der Waals surface area (Å²) >= 11 is 0. The molecule has 0 radical (unpaired) electrons. The van der Waals surface area contributed by atoms with E-state index in [1.54, 1.807) is 12.2 Å². The standard InChI is InChI=1S/C13H17N3O2/c1-15-8-10(17)6-9-7-16(18-2)13-11(12(9)15)4-3-5-14-13/h3-5,7,12-14H,6,8H2,1-2H3. The van der Waals surface area contributed by atoms with Crippen LogP contribution in [0.25, 0.3) is 0 Å². The monoisotopic (exact) mass is 247 g/mol. The third-order valence-electron chi connectivity index (χ3n) is 3.65. The maximum atomic E-state index is 11.7. The van der Waals surface area contributed by atoms with Crippen LogP contribution >= 0.6 is 0 Å². The highest BCUT2D eigenvalue weighted by molar-refractivity contribution is 5.85. The summed E-state index contributed by atoms with van der Waals surface area (Å²) in [6, 6.07) is 0.205. The lowest BCUT2D eigenvalue weighted by Gasteiger charge is -2.45. The number of dihydropyridines is 1. The molecule has 96 valence electrons. The van der Waals surface area contributed by atoms with Crippen molar-refractivity contribution in [1.29, 1.82) is 0 Å². The minimum atomic E-state index is 0.0180. The molecule has 2 unspecified atom stereocenters. The smallest absolute Gasteiger partial charge is 0.151 e. The van der Waals surface area contributed by atoms with E-state index in [9.17, 15) is 4.79 Å². The fourth-order valence-electron chi connectivity index (χ4n) is 2.97. The predicted octanol–water partition coefficient (Wildman–Crippen LogP) is 0.390. The number of carbonyl (C=O) groups is 1. The van der Waals surface area contributed by atoms with E-state index in [1.165, 1.54) is 5.57 Å². The lowest BCUT2D eigenvalue weighted by molar-refractivity contribution is -0.129. The number of hydrogen-bond acceptors (Lipinski definition) is 5. The Kier molecular flexibility index (Phi) is 2.72. The first kappa shape index (κ1) is 11.5. The molecule has 0 amide bonds. The van der Waals surface area contributed by atoms with E-state index < -0.39 is 0 Å². The Morgan fingerprint density at radius 1 is 1.50 bits per heavy atom. The molecule has 1 saturated heterocycles. The minimum Gasteiger partial charge on any atom is -0.366 e. The topological polar surface area (TPSA) is 44.8 Å². The number of rotatable bonds is 1. The Hall–Kier alpha value is -1.59. The highest BCUT2D eigenvalue weighted by atomic mass is 16.7. The van der Waals surface area contributed by atoms with E-state index in [4.69, 9.17) is 4.84 Å². The molecule has 1 N–H and O–H groups in total. The van der Waals surface area contributed by atoms with Gasteiger partial charge in [-0.2, -0.15) is 0 Å². The second-order valence-electron chi connectivity index (χ2n) is 4.87. The molecule has 3 aliphatic rings. The number of ketones is 1. The molecule has 5 nitrogen and oxygen atoms in total. The molecule has 0 bridgehead atoms. The van der Waals surface area contributed by atoms with E-state index in [2.05, 4.69) is 16.3 Å². The summed E-state index contributed by atoms with van der Waals surface area (Å²) in [6.45, 7) is 0.517. The number of hydrogen-bond donors (Lipinski definition) is 1. The van der Waals surface area contributed by atoms with Gasteiger partial charge in [0.15, 0.2) is 5.78 Å². The first-order valence-electron chi connectivity index (χ1n) is 6.08. The molecular weight excluding hydrogens is 230 g/mol. The average molecular weight is 247 g/mol. The number of hydroxylamine groups is 2. The SMILES string of the molecule is CON1C=C2CC(=O)CN(C)C2C2=CC=CNC21. The van der Waals surface area contributed by atoms with Gasteiger partial charge in [-0.1, -0.05) is 6.08 Å². The van der Waals surface area contributed by atoms with Crippen molar-refractivity contribution < 1.29 is 9.63 Å². The Labute approximate surface area is 106 Å². The number of likely N-dealkylation sites (tertiary alicyclic amines) is 1. The molecule has 3 heterocycles. The Bertz CT molecular complexity index is 467. The molecule has 1 fully saturated rings. The van der Waals surface area contributed by atoms with E-state index in [-0.39, 0.29) is 18.0 Å². The zero-order chi connectivity index (χ0) is 12.7. The van der Waals surface area contributed by atoms with Crippen LogP contribution in [0.3, 0.4) is 0 Å². The lowest BCUT2D eigenvalue weighted by atomic mass is 9.85. The van der Waals surface area contributed by atoms with Crippen LogP contribution in [0.1, 0.15) is 6.42 Å². The van der Waals surface area contributed by atoms with Gasteiger partial charge in [-0.05, 0) is 30.5 Å². The molecule has 0 aliphatic carbocycles. The zero-order valence-corrected chi connectivity index (χ0v) is 10.6. The fraction of sp³-hybridized carbons (Fsp3) is 0.462. The van der Waals surface area contributed by atoms with Crippen molar-refractivity contribution in [1.82, 2.24) is 15.3 Å². The first-order chi connectivity index (χ1) is 8.70. The van der Waals surface area contributed by atoms with Crippen LogP contribution in [0.2, 0.25) is 0 Å².